The van der Waals surface area contributed by atoms with Gasteiger partial charge in [-0.3, -0.25) is 19.4 Å². The van der Waals surface area contributed by atoms with E-state index >= 15 is 0 Å². The number of ether oxygens (including phenoxy) is 1. The Kier molecular flexibility index (Phi) is 8.37. The zero-order valence-electron chi connectivity index (χ0n) is 24.6. The third-order valence-electron chi connectivity index (χ3n) is 8.48. The van der Waals surface area contributed by atoms with E-state index in [-0.39, 0.29) is 27.7 Å². The fourth-order valence-electron chi connectivity index (χ4n) is 5.98. The van der Waals surface area contributed by atoms with Gasteiger partial charge in [-0.1, -0.05) is 79.3 Å². The Bertz CT molecular complexity index is 1660. The molecular weight excluding hydrogens is 588 g/mol. The molecule has 2 saturated carbocycles. The number of aromatic nitrogens is 1. The molecule has 2 fully saturated rings. The summed E-state index contributed by atoms with van der Waals surface area (Å²) in [4.78, 5) is 20.7. The molecule has 1 N–H and O–H groups in total. The van der Waals surface area contributed by atoms with Gasteiger partial charge in [0.2, 0.25) is 5.82 Å². The van der Waals surface area contributed by atoms with Crippen molar-refractivity contribution in [1.82, 2.24) is 10.1 Å². The average Bonchev–Trinajstić information content (AvgIpc) is 3.55. The van der Waals surface area contributed by atoms with Crippen LogP contribution in [0.4, 0.5) is 5.82 Å². The van der Waals surface area contributed by atoms with Crippen LogP contribution >= 0.6 is 11.6 Å². The summed E-state index contributed by atoms with van der Waals surface area (Å²) in [5.41, 5.74) is 2.49. The van der Waals surface area contributed by atoms with Gasteiger partial charge in [-0.15, -0.1) is 0 Å². The van der Waals surface area contributed by atoms with E-state index < -0.39 is 15.6 Å². The Labute approximate surface area is 257 Å². The SMILES string of the molecule is CCCCC1=NC2(CCCC2)C(=O)N1Cc1ccc(-c2ccccc2S(=O)(=O)Nc2noc(C)c2Cl)c(COC2CC2)c1. The van der Waals surface area contributed by atoms with Crippen LogP contribution in [0, 0.1) is 6.92 Å². The van der Waals surface area contributed by atoms with E-state index in [0.717, 1.165) is 80.3 Å². The number of aliphatic imine (C=N–C) groups is 1. The number of nitrogens with one attached hydrogen (secondary N) is 1. The fraction of sp³-hybridized carbons (Fsp3) is 0.469. The van der Waals surface area contributed by atoms with Crippen LogP contribution in [-0.2, 0) is 32.7 Å². The van der Waals surface area contributed by atoms with Gasteiger partial charge in [-0.05, 0) is 61.8 Å². The Morgan fingerprint density at radius 1 is 1.14 bits per heavy atom. The number of nitrogens with zero attached hydrogens (tertiary/aromatic N) is 3. The van der Waals surface area contributed by atoms with Gasteiger partial charge in [0.05, 0.1) is 24.2 Å². The first kappa shape index (κ1) is 29.8. The van der Waals surface area contributed by atoms with Crippen molar-refractivity contribution in [2.45, 2.75) is 101 Å². The van der Waals surface area contributed by atoms with E-state index in [4.69, 9.17) is 25.9 Å². The van der Waals surface area contributed by atoms with Crippen molar-refractivity contribution in [1.29, 1.82) is 0 Å². The first-order valence-corrected chi connectivity index (χ1v) is 16.9. The van der Waals surface area contributed by atoms with Crippen LogP contribution in [0.15, 0.2) is 56.9 Å². The van der Waals surface area contributed by atoms with Gasteiger partial charge in [0.25, 0.3) is 15.9 Å². The lowest BCUT2D eigenvalue weighted by Gasteiger charge is -2.23. The number of aryl methyl sites for hydroxylation is 1. The van der Waals surface area contributed by atoms with Crippen molar-refractivity contribution in [2.24, 2.45) is 4.99 Å². The Morgan fingerprint density at radius 3 is 2.60 bits per heavy atom. The van der Waals surface area contributed by atoms with Gasteiger partial charge in [0.1, 0.15) is 16.4 Å². The quantitative estimate of drug-likeness (QED) is 0.231. The van der Waals surface area contributed by atoms with Crippen LogP contribution in [0.1, 0.15) is 81.6 Å². The number of carbonyl (C=O) groups is 1. The van der Waals surface area contributed by atoms with Crippen molar-refractivity contribution in [3.05, 3.63) is 64.4 Å². The number of amides is 1. The predicted molar refractivity (Wildman–Crippen MR) is 165 cm³/mol. The van der Waals surface area contributed by atoms with Crippen LogP contribution in [0.2, 0.25) is 5.02 Å². The summed E-state index contributed by atoms with van der Waals surface area (Å²) < 4.78 is 40.8. The number of hydrogen-bond acceptors (Lipinski definition) is 7. The number of carbonyl (C=O) groups excluding carboxylic acids is 1. The maximum absolute atomic E-state index is 13.7. The lowest BCUT2D eigenvalue weighted by molar-refractivity contribution is -0.131. The number of hydrogen-bond donors (Lipinski definition) is 1. The molecule has 0 radical (unpaired) electrons. The molecular formula is C32H37ClN4O5S. The first-order valence-electron chi connectivity index (χ1n) is 15.1. The molecule has 9 nitrogen and oxygen atoms in total. The van der Waals surface area contributed by atoms with E-state index in [0.29, 0.717) is 24.5 Å². The molecule has 6 rings (SSSR count). The topological polar surface area (TPSA) is 114 Å². The molecule has 1 aliphatic heterocycles. The van der Waals surface area contributed by atoms with Crippen LogP contribution in [0.3, 0.4) is 0 Å². The van der Waals surface area contributed by atoms with E-state index in [1.165, 1.54) is 0 Å². The number of halogens is 1. The molecule has 228 valence electrons. The molecule has 3 aromatic rings. The second-order valence-electron chi connectivity index (χ2n) is 11.8. The Hall–Kier alpha value is -3.21. The highest BCUT2D eigenvalue weighted by Crippen LogP contribution is 2.41. The maximum atomic E-state index is 13.7. The predicted octanol–water partition coefficient (Wildman–Crippen LogP) is 7.03. The number of benzene rings is 2. The van der Waals surface area contributed by atoms with E-state index in [1.54, 1.807) is 31.2 Å². The Balaban J connectivity index is 1.33. The number of amidine groups is 1. The van der Waals surface area contributed by atoms with Crippen LogP contribution in [-0.4, -0.2) is 41.9 Å². The van der Waals surface area contributed by atoms with Crippen molar-refractivity contribution < 1.29 is 22.5 Å². The summed E-state index contributed by atoms with van der Waals surface area (Å²) in [6, 6.07) is 12.8. The summed E-state index contributed by atoms with van der Waals surface area (Å²) in [5.74, 6) is 1.26. The lowest BCUT2D eigenvalue weighted by Crippen LogP contribution is -2.40. The molecule has 3 aliphatic rings. The van der Waals surface area contributed by atoms with Crippen LogP contribution in [0.5, 0.6) is 0 Å². The largest absolute Gasteiger partial charge is 0.374 e. The molecule has 0 unspecified atom stereocenters. The number of unbranched alkanes of at least 4 members (excludes halogenated alkanes) is 1. The highest BCUT2D eigenvalue weighted by Gasteiger charge is 2.49. The van der Waals surface area contributed by atoms with Crippen molar-refractivity contribution >= 4 is 39.2 Å². The monoisotopic (exact) mass is 624 g/mol. The summed E-state index contributed by atoms with van der Waals surface area (Å²) in [6.45, 7) is 4.51. The van der Waals surface area contributed by atoms with E-state index in [2.05, 4.69) is 16.8 Å². The molecule has 1 amide bonds. The molecule has 43 heavy (non-hydrogen) atoms. The number of rotatable bonds is 12. The van der Waals surface area contributed by atoms with Gasteiger partial charge in [-0.2, -0.15) is 0 Å². The second kappa shape index (κ2) is 12.1. The standard InChI is InChI=1S/C32H37ClN4O5S/c1-3-4-11-28-34-32(16-7-8-17-32)31(38)37(28)19-22-12-15-25(23(18-22)20-41-24-13-14-24)26-9-5-6-10-27(26)43(39,40)36-30-29(33)21(2)42-35-30/h5-6,9-10,12,15,18,24H,3-4,7-8,11,13-14,16-17,19-20H2,1-2H3,(H,35,36). The zero-order chi connectivity index (χ0) is 30.2. The molecule has 0 bridgehead atoms. The zero-order valence-corrected chi connectivity index (χ0v) is 26.1. The fourth-order valence-corrected chi connectivity index (χ4v) is 7.38. The van der Waals surface area contributed by atoms with Crippen molar-refractivity contribution in [3.8, 4) is 11.1 Å². The lowest BCUT2D eigenvalue weighted by atomic mass is 9.96. The minimum Gasteiger partial charge on any atom is -0.374 e. The molecule has 2 aromatic carbocycles. The summed E-state index contributed by atoms with van der Waals surface area (Å²) in [6.07, 6.45) is 8.74. The molecule has 1 spiro atoms. The van der Waals surface area contributed by atoms with Crippen LogP contribution < -0.4 is 4.72 Å². The van der Waals surface area contributed by atoms with Gasteiger partial charge >= 0.3 is 0 Å². The van der Waals surface area contributed by atoms with Gasteiger partial charge < -0.3 is 9.26 Å². The molecule has 2 aliphatic carbocycles. The summed E-state index contributed by atoms with van der Waals surface area (Å²) in [5, 5.41) is 3.87. The van der Waals surface area contributed by atoms with Crippen molar-refractivity contribution in [2.75, 3.05) is 4.72 Å². The number of anilines is 1. The first-order chi connectivity index (χ1) is 20.7. The minimum atomic E-state index is -4.07. The molecule has 11 heteroatoms. The molecule has 0 atom stereocenters. The Morgan fingerprint density at radius 2 is 1.91 bits per heavy atom. The third-order valence-corrected chi connectivity index (χ3v) is 10.3. The maximum Gasteiger partial charge on any atom is 0.263 e. The minimum absolute atomic E-state index is 0.0579. The molecule has 2 heterocycles. The normalized spacial score (nSPS) is 18.1. The summed E-state index contributed by atoms with van der Waals surface area (Å²) >= 11 is 6.20. The van der Waals surface area contributed by atoms with Gasteiger partial charge in [0, 0.05) is 12.0 Å². The second-order valence-corrected chi connectivity index (χ2v) is 13.8. The van der Waals surface area contributed by atoms with E-state index in [1.807, 2.05) is 23.1 Å². The molecule has 1 aromatic heterocycles. The third kappa shape index (κ3) is 6.10. The molecule has 0 saturated heterocycles. The smallest absolute Gasteiger partial charge is 0.263 e. The van der Waals surface area contributed by atoms with Gasteiger partial charge in [-0.25, -0.2) is 8.42 Å². The highest BCUT2D eigenvalue weighted by molar-refractivity contribution is 7.92. The number of sulfonamides is 1. The highest BCUT2D eigenvalue weighted by atomic mass is 35.5. The van der Waals surface area contributed by atoms with Gasteiger partial charge in [0.15, 0.2) is 5.76 Å². The van der Waals surface area contributed by atoms with Crippen molar-refractivity contribution in [3.63, 3.8) is 0 Å². The van der Waals surface area contributed by atoms with Crippen LogP contribution in [0.25, 0.3) is 11.1 Å². The van der Waals surface area contributed by atoms with E-state index in [9.17, 15) is 13.2 Å². The summed E-state index contributed by atoms with van der Waals surface area (Å²) in [7, 11) is -4.07. The average molecular weight is 625 g/mol.